The SMILES string of the molecule is COc1ccccc1CCn1cnc2c([nH]c3cc(C)ccc32)c1=O. The topological polar surface area (TPSA) is 59.9 Å². The van der Waals surface area contributed by atoms with Crippen LogP contribution in [0, 0.1) is 6.92 Å². The van der Waals surface area contributed by atoms with E-state index in [2.05, 4.69) is 9.97 Å². The van der Waals surface area contributed by atoms with E-state index in [9.17, 15) is 4.79 Å². The second kappa shape index (κ2) is 6.09. The van der Waals surface area contributed by atoms with Crippen LogP contribution >= 0.6 is 0 Å². The molecule has 0 amide bonds. The van der Waals surface area contributed by atoms with Crippen LogP contribution < -0.4 is 10.3 Å². The Labute approximate surface area is 144 Å². The van der Waals surface area contributed by atoms with E-state index in [4.69, 9.17) is 4.74 Å². The largest absolute Gasteiger partial charge is 0.496 e. The van der Waals surface area contributed by atoms with Gasteiger partial charge < -0.3 is 9.72 Å². The number of methoxy groups -OCH3 is 1. The standard InChI is InChI=1S/C20H19N3O2/c1-13-7-8-15-16(11-13)22-19-18(15)21-12-23(20(19)24)10-9-14-5-3-4-6-17(14)25-2/h3-8,11-12,22H,9-10H2,1-2H3. The predicted octanol–water partition coefficient (Wildman–Crippen LogP) is 3.44. The number of aromatic amines is 1. The Morgan fingerprint density at radius 3 is 2.88 bits per heavy atom. The van der Waals surface area contributed by atoms with Crippen molar-refractivity contribution in [2.75, 3.05) is 7.11 Å². The fourth-order valence-corrected chi connectivity index (χ4v) is 3.22. The van der Waals surface area contributed by atoms with Crippen molar-refractivity contribution in [2.24, 2.45) is 0 Å². The maximum absolute atomic E-state index is 12.8. The number of aromatic nitrogens is 3. The first-order valence-corrected chi connectivity index (χ1v) is 8.27. The van der Waals surface area contributed by atoms with E-state index in [0.29, 0.717) is 18.5 Å². The summed E-state index contributed by atoms with van der Waals surface area (Å²) >= 11 is 0. The monoisotopic (exact) mass is 333 g/mol. The van der Waals surface area contributed by atoms with Gasteiger partial charge in [-0.1, -0.05) is 30.3 Å². The Morgan fingerprint density at radius 1 is 1.20 bits per heavy atom. The van der Waals surface area contributed by atoms with Crippen molar-refractivity contribution in [3.63, 3.8) is 0 Å². The molecule has 0 aliphatic heterocycles. The van der Waals surface area contributed by atoms with Gasteiger partial charge in [0, 0.05) is 17.4 Å². The number of hydrogen-bond acceptors (Lipinski definition) is 3. The summed E-state index contributed by atoms with van der Waals surface area (Å²) in [6.07, 6.45) is 2.34. The Kier molecular flexibility index (Phi) is 3.76. The summed E-state index contributed by atoms with van der Waals surface area (Å²) in [7, 11) is 1.66. The van der Waals surface area contributed by atoms with Gasteiger partial charge in [-0.2, -0.15) is 0 Å². The molecular formula is C20H19N3O2. The van der Waals surface area contributed by atoms with Crippen LogP contribution in [0.15, 0.2) is 53.6 Å². The zero-order valence-electron chi connectivity index (χ0n) is 14.2. The van der Waals surface area contributed by atoms with E-state index in [-0.39, 0.29) is 5.56 Å². The van der Waals surface area contributed by atoms with Crippen molar-refractivity contribution in [3.8, 4) is 5.75 Å². The zero-order valence-corrected chi connectivity index (χ0v) is 14.2. The maximum atomic E-state index is 12.8. The Bertz CT molecular complexity index is 1120. The number of aryl methyl sites for hydroxylation is 3. The predicted molar refractivity (Wildman–Crippen MR) is 99.3 cm³/mol. The number of nitrogens with zero attached hydrogens (tertiary/aromatic N) is 2. The van der Waals surface area contributed by atoms with Gasteiger partial charge in [0.2, 0.25) is 0 Å². The molecule has 2 aromatic heterocycles. The minimum Gasteiger partial charge on any atom is -0.496 e. The Morgan fingerprint density at radius 2 is 2.04 bits per heavy atom. The molecule has 0 spiro atoms. The molecule has 0 bridgehead atoms. The molecule has 0 saturated carbocycles. The molecule has 0 radical (unpaired) electrons. The lowest BCUT2D eigenvalue weighted by atomic mass is 10.1. The van der Waals surface area contributed by atoms with Gasteiger partial charge in [-0.25, -0.2) is 4.98 Å². The molecule has 1 N–H and O–H groups in total. The van der Waals surface area contributed by atoms with E-state index in [0.717, 1.165) is 33.3 Å². The third-order valence-electron chi connectivity index (χ3n) is 4.54. The molecule has 5 nitrogen and oxygen atoms in total. The van der Waals surface area contributed by atoms with Crippen molar-refractivity contribution in [3.05, 3.63) is 70.3 Å². The first kappa shape index (κ1) is 15.4. The van der Waals surface area contributed by atoms with Crippen LogP contribution in [0.2, 0.25) is 0 Å². The van der Waals surface area contributed by atoms with Crippen LogP contribution in [0.3, 0.4) is 0 Å². The highest BCUT2D eigenvalue weighted by molar-refractivity contribution is 6.04. The second-order valence-corrected chi connectivity index (χ2v) is 6.20. The van der Waals surface area contributed by atoms with Crippen LogP contribution in [-0.4, -0.2) is 21.6 Å². The summed E-state index contributed by atoms with van der Waals surface area (Å²) in [6, 6.07) is 13.9. The Balaban J connectivity index is 1.72. The quantitative estimate of drug-likeness (QED) is 0.622. The summed E-state index contributed by atoms with van der Waals surface area (Å²) in [6.45, 7) is 2.58. The van der Waals surface area contributed by atoms with E-state index in [1.54, 1.807) is 18.0 Å². The first-order chi connectivity index (χ1) is 12.2. The smallest absolute Gasteiger partial charge is 0.277 e. The van der Waals surface area contributed by atoms with Gasteiger partial charge in [-0.15, -0.1) is 0 Å². The van der Waals surface area contributed by atoms with Gasteiger partial charge >= 0.3 is 0 Å². The molecule has 25 heavy (non-hydrogen) atoms. The summed E-state index contributed by atoms with van der Waals surface area (Å²) in [5.41, 5.74) is 4.41. The zero-order chi connectivity index (χ0) is 17.4. The Hall–Kier alpha value is -3.08. The van der Waals surface area contributed by atoms with Crippen LogP contribution in [0.25, 0.3) is 21.9 Å². The van der Waals surface area contributed by atoms with E-state index >= 15 is 0 Å². The minimum atomic E-state index is -0.0475. The van der Waals surface area contributed by atoms with Gasteiger partial charge in [-0.05, 0) is 36.6 Å². The average Bonchev–Trinajstić information content (AvgIpc) is 3.00. The van der Waals surface area contributed by atoms with Crippen LogP contribution in [-0.2, 0) is 13.0 Å². The van der Waals surface area contributed by atoms with Crippen molar-refractivity contribution >= 4 is 21.9 Å². The minimum absolute atomic E-state index is 0.0475. The average molecular weight is 333 g/mol. The molecule has 0 fully saturated rings. The molecule has 4 rings (SSSR count). The highest BCUT2D eigenvalue weighted by atomic mass is 16.5. The van der Waals surface area contributed by atoms with Gasteiger partial charge in [0.15, 0.2) is 0 Å². The van der Waals surface area contributed by atoms with Crippen LogP contribution in [0.1, 0.15) is 11.1 Å². The van der Waals surface area contributed by atoms with Crippen molar-refractivity contribution in [1.82, 2.24) is 14.5 Å². The normalized spacial score (nSPS) is 11.3. The molecule has 126 valence electrons. The number of fused-ring (bicyclic) bond motifs is 3. The van der Waals surface area contributed by atoms with E-state index < -0.39 is 0 Å². The number of ether oxygens (including phenoxy) is 1. The summed E-state index contributed by atoms with van der Waals surface area (Å²) in [4.78, 5) is 20.6. The molecule has 0 aliphatic carbocycles. The molecule has 0 atom stereocenters. The molecular weight excluding hydrogens is 314 g/mol. The molecule has 4 aromatic rings. The van der Waals surface area contributed by atoms with Crippen LogP contribution in [0.5, 0.6) is 5.75 Å². The van der Waals surface area contributed by atoms with E-state index in [1.165, 1.54) is 0 Å². The number of benzene rings is 2. The third kappa shape index (κ3) is 2.67. The lowest BCUT2D eigenvalue weighted by molar-refractivity contribution is 0.408. The van der Waals surface area contributed by atoms with E-state index in [1.807, 2.05) is 49.4 Å². The highest BCUT2D eigenvalue weighted by Crippen LogP contribution is 2.22. The fourth-order valence-electron chi connectivity index (χ4n) is 3.22. The lowest BCUT2D eigenvalue weighted by Gasteiger charge is -2.09. The first-order valence-electron chi connectivity index (χ1n) is 8.27. The molecule has 0 unspecified atom stereocenters. The number of para-hydroxylation sites is 1. The fraction of sp³-hybridized carbons (Fsp3) is 0.200. The number of hydrogen-bond donors (Lipinski definition) is 1. The van der Waals surface area contributed by atoms with Gasteiger partial charge in [0.25, 0.3) is 5.56 Å². The maximum Gasteiger partial charge on any atom is 0.277 e. The van der Waals surface area contributed by atoms with Gasteiger partial charge in [-0.3, -0.25) is 9.36 Å². The van der Waals surface area contributed by atoms with Crippen molar-refractivity contribution < 1.29 is 4.74 Å². The number of rotatable bonds is 4. The second-order valence-electron chi connectivity index (χ2n) is 6.20. The number of nitrogens with one attached hydrogen (secondary N) is 1. The highest BCUT2D eigenvalue weighted by Gasteiger charge is 2.11. The number of H-pyrrole nitrogens is 1. The van der Waals surface area contributed by atoms with Gasteiger partial charge in [0.1, 0.15) is 16.8 Å². The molecule has 2 heterocycles. The molecule has 2 aromatic carbocycles. The van der Waals surface area contributed by atoms with Gasteiger partial charge in [0.05, 0.1) is 13.4 Å². The van der Waals surface area contributed by atoms with Crippen molar-refractivity contribution in [1.29, 1.82) is 0 Å². The third-order valence-corrected chi connectivity index (χ3v) is 4.54. The lowest BCUT2D eigenvalue weighted by Crippen LogP contribution is -2.21. The van der Waals surface area contributed by atoms with Crippen LogP contribution in [0.4, 0.5) is 0 Å². The summed E-state index contributed by atoms with van der Waals surface area (Å²) in [5, 5.41) is 0.981. The summed E-state index contributed by atoms with van der Waals surface area (Å²) < 4.78 is 7.03. The molecule has 0 aliphatic rings. The summed E-state index contributed by atoms with van der Waals surface area (Å²) in [5.74, 6) is 0.839. The molecule has 0 saturated heterocycles. The van der Waals surface area contributed by atoms with Crippen molar-refractivity contribution in [2.45, 2.75) is 19.9 Å². The molecule has 5 heteroatoms.